The molecular formula is C13H18N2O5S. The fourth-order valence-corrected chi connectivity index (χ4v) is 1.43. The van der Waals surface area contributed by atoms with Crippen molar-refractivity contribution in [3.05, 3.63) is 24.3 Å². The molecule has 1 rings (SSSR count). The molecule has 21 heavy (non-hydrogen) atoms. The van der Waals surface area contributed by atoms with Crippen LogP contribution in [-0.2, 0) is 14.4 Å². The number of hydrogen-bond acceptors (Lipinski definition) is 5. The van der Waals surface area contributed by atoms with E-state index in [1.165, 1.54) is 26.0 Å². The maximum absolute atomic E-state index is 10.5. The lowest BCUT2D eigenvalue weighted by atomic mass is 10.3. The van der Waals surface area contributed by atoms with Gasteiger partial charge in [0.2, 0.25) is 11.8 Å². The van der Waals surface area contributed by atoms with Gasteiger partial charge >= 0.3 is 5.97 Å². The Morgan fingerprint density at radius 3 is 1.95 bits per heavy atom. The molecule has 0 heterocycles. The molecule has 1 aromatic rings. The highest BCUT2D eigenvalue weighted by atomic mass is 32.1. The Balaban J connectivity index is 0.000000384. The Morgan fingerprint density at radius 1 is 1.14 bits per heavy atom. The third-order valence-corrected chi connectivity index (χ3v) is 2.41. The second kappa shape index (κ2) is 9.65. The molecule has 0 aliphatic heterocycles. The zero-order valence-electron chi connectivity index (χ0n) is 11.7. The second-order valence-electron chi connectivity index (χ2n) is 4.00. The second-order valence-corrected chi connectivity index (χ2v) is 4.37. The molecule has 8 heteroatoms. The predicted molar refractivity (Wildman–Crippen MR) is 81.5 cm³/mol. The van der Waals surface area contributed by atoms with Gasteiger partial charge in [0.15, 0.2) is 0 Å². The molecular weight excluding hydrogens is 296 g/mol. The van der Waals surface area contributed by atoms with Gasteiger partial charge in [0.25, 0.3) is 0 Å². The van der Waals surface area contributed by atoms with E-state index in [2.05, 4.69) is 23.3 Å². The molecule has 0 fully saturated rings. The van der Waals surface area contributed by atoms with Gasteiger partial charge in [-0.25, -0.2) is 4.79 Å². The van der Waals surface area contributed by atoms with Crippen molar-refractivity contribution >= 4 is 36.1 Å². The van der Waals surface area contributed by atoms with Crippen molar-refractivity contribution in [2.45, 2.75) is 19.9 Å². The predicted octanol–water partition coefficient (Wildman–Crippen LogP) is 0.856. The summed E-state index contributed by atoms with van der Waals surface area (Å²) in [4.78, 5) is 31.0. The summed E-state index contributed by atoms with van der Waals surface area (Å²) in [6, 6.07) is 5.44. The van der Waals surface area contributed by atoms with E-state index in [0.29, 0.717) is 5.69 Å². The summed E-state index contributed by atoms with van der Waals surface area (Å²) in [7, 11) is 0. The number of carbonyl (C=O) groups is 3. The summed E-state index contributed by atoms with van der Waals surface area (Å²) in [5.74, 6) is -1.24. The first-order chi connectivity index (χ1) is 9.76. The zero-order valence-corrected chi connectivity index (χ0v) is 12.6. The Bertz CT molecular complexity index is 490. The maximum Gasteiger partial charge on any atom is 0.327 e. The molecule has 0 spiro atoms. The summed E-state index contributed by atoms with van der Waals surface area (Å²) in [6.07, 6.45) is 0. The molecule has 0 saturated carbocycles. The number of nitrogens with one attached hydrogen (secondary N) is 2. The molecule has 0 radical (unpaired) electrons. The molecule has 0 saturated heterocycles. The molecule has 0 aliphatic rings. The number of phenolic OH excluding ortho intramolecular Hbond substituents is 1. The van der Waals surface area contributed by atoms with Gasteiger partial charge in [0.1, 0.15) is 11.8 Å². The normalized spacial score (nSPS) is 10.6. The van der Waals surface area contributed by atoms with Gasteiger partial charge in [-0.3, -0.25) is 9.59 Å². The summed E-state index contributed by atoms with van der Waals surface area (Å²) >= 11 is 3.73. The Labute approximate surface area is 127 Å². The van der Waals surface area contributed by atoms with Crippen molar-refractivity contribution in [2.75, 3.05) is 11.1 Å². The SMILES string of the molecule is CC(=O)NC(CS)C(=O)O.CC(=O)Nc1ccc(O)cc1. The van der Waals surface area contributed by atoms with Crippen LogP contribution in [0.4, 0.5) is 5.69 Å². The van der Waals surface area contributed by atoms with E-state index in [1.54, 1.807) is 12.1 Å². The number of carbonyl (C=O) groups excluding carboxylic acids is 2. The van der Waals surface area contributed by atoms with E-state index in [4.69, 9.17) is 10.2 Å². The molecule has 2 amide bonds. The molecule has 7 nitrogen and oxygen atoms in total. The van der Waals surface area contributed by atoms with E-state index in [1.807, 2.05) is 0 Å². The minimum absolute atomic E-state index is 0.106. The van der Waals surface area contributed by atoms with Crippen molar-refractivity contribution in [3.8, 4) is 5.75 Å². The number of rotatable bonds is 4. The molecule has 4 N–H and O–H groups in total. The van der Waals surface area contributed by atoms with Crippen LogP contribution in [0.25, 0.3) is 0 Å². The summed E-state index contributed by atoms with van der Waals surface area (Å²) in [6.45, 7) is 2.70. The maximum atomic E-state index is 10.5. The lowest BCUT2D eigenvalue weighted by Gasteiger charge is -2.08. The zero-order chi connectivity index (χ0) is 16.4. The van der Waals surface area contributed by atoms with Crippen LogP contribution in [-0.4, -0.2) is 39.8 Å². The minimum atomic E-state index is -1.06. The summed E-state index contributed by atoms with van der Waals surface area (Å²) < 4.78 is 0. The van der Waals surface area contributed by atoms with Gasteiger partial charge in [-0.05, 0) is 24.3 Å². The van der Waals surface area contributed by atoms with Gasteiger partial charge in [0.05, 0.1) is 0 Å². The highest BCUT2D eigenvalue weighted by Gasteiger charge is 2.15. The third-order valence-electron chi connectivity index (χ3n) is 2.05. The monoisotopic (exact) mass is 314 g/mol. The Hall–Kier alpha value is -2.22. The highest BCUT2D eigenvalue weighted by Crippen LogP contribution is 2.13. The standard InChI is InChI=1S/C8H9NO2.C5H9NO3S/c1-6(10)9-7-2-4-8(11)5-3-7;1-3(7)6-4(2-10)5(8)9/h2-5,11H,1H3,(H,9,10);4,10H,2H2,1H3,(H,6,7)(H,8,9). The summed E-state index contributed by atoms with van der Waals surface area (Å²) in [5.41, 5.74) is 0.690. The van der Waals surface area contributed by atoms with Crippen LogP contribution < -0.4 is 10.6 Å². The van der Waals surface area contributed by atoms with E-state index in [9.17, 15) is 14.4 Å². The number of thiol groups is 1. The van der Waals surface area contributed by atoms with Crippen molar-refractivity contribution in [2.24, 2.45) is 0 Å². The molecule has 0 bridgehead atoms. The molecule has 1 unspecified atom stereocenters. The topological polar surface area (TPSA) is 116 Å². The molecule has 116 valence electrons. The van der Waals surface area contributed by atoms with Crippen LogP contribution in [0.15, 0.2) is 24.3 Å². The van der Waals surface area contributed by atoms with E-state index in [0.717, 1.165) is 0 Å². The van der Waals surface area contributed by atoms with Gasteiger partial charge in [-0.1, -0.05) is 0 Å². The number of hydrogen-bond donors (Lipinski definition) is 5. The smallest absolute Gasteiger partial charge is 0.327 e. The number of carboxylic acid groups (broad SMARTS) is 1. The van der Waals surface area contributed by atoms with Crippen LogP contribution in [0.3, 0.4) is 0 Å². The van der Waals surface area contributed by atoms with E-state index in [-0.39, 0.29) is 23.3 Å². The fraction of sp³-hybridized carbons (Fsp3) is 0.308. The van der Waals surface area contributed by atoms with Gasteiger partial charge < -0.3 is 20.8 Å². The average molecular weight is 314 g/mol. The minimum Gasteiger partial charge on any atom is -0.508 e. The van der Waals surface area contributed by atoms with E-state index >= 15 is 0 Å². The highest BCUT2D eigenvalue weighted by molar-refractivity contribution is 7.80. The van der Waals surface area contributed by atoms with Crippen molar-refractivity contribution in [3.63, 3.8) is 0 Å². The Morgan fingerprint density at radius 2 is 1.67 bits per heavy atom. The largest absolute Gasteiger partial charge is 0.508 e. The number of benzene rings is 1. The molecule has 1 aromatic carbocycles. The number of aliphatic carboxylic acids is 1. The molecule has 0 aromatic heterocycles. The quantitative estimate of drug-likeness (QED) is 0.417. The van der Waals surface area contributed by atoms with Crippen LogP contribution >= 0.6 is 12.6 Å². The van der Waals surface area contributed by atoms with Gasteiger partial charge in [0, 0.05) is 25.3 Å². The van der Waals surface area contributed by atoms with Crippen molar-refractivity contribution < 1.29 is 24.6 Å². The van der Waals surface area contributed by atoms with Crippen LogP contribution in [0.5, 0.6) is 5.75 Å². The lowest BCUT2D eigenvalue weighted by Crippen LogP contribution is -2.40. The van der Waals surface area contributed by atoms with Crippen LogP contribution in [0.1, 0.15) is 13.8 Å². The first kappa shape index (κ1) is 18.8. The number of anilines is 1. The van der Waals surface area contributed by atoms with Gasteiger partial charge in [-0.15, -0.1) is 0 Å². The van der Waals surface area contributed by atoms with Crippen molar-refractivity contribution in [1.82, 2.24) is 5.32 Å². The van der Waals surface area contributed by atoms with Crippen LogP contribution in [0, 0.1) is 0 Å². The summed E-state index contributed by atoms with van der Waals surface area (Å²) in [5, 5.41) is 22.0. The number of aromatic hydroxyl groups is 1. The van der Waals surface area contributed by atoms with Crippen molar-refractivity contribution in [1.29, 1.82) is 0 Å². The number of amides is 2. The fourth-order valence-electron chi connectivity index (χ4n) is 1.18. The van der Waals surface area contributed by atoms with E-state index < -0.39 is 12.0 Å². The molecule has 1 atom stereocenters. The number of phenols is 1. The number of carboxylic acids is 1. The van der Waals surface area contributed by atoms with Gasteiger partial charge in [-0.2, -0.15) is 12.6 Å². The molecule has 0 aliphatic carbocycles. The first-order valence-corrected chi connectivity index (χ1v) is 6.57. The average Bonchev–Trinajstić information content (AvgIpc) is 2.38. The third kappa shape index (κ3) is 9.33. The Kier molecular flexibility index (Phi) is 8.63. The first-order valence-electron chi connectivity index (χ1n) is 5.93. The lowest BCUT2D eigenvalue weighted by molar-refractivity contribution is -0.140. The van der Waals surface area contributed by atoms with Crippen LogP contribution in [0.2, 0.25) is 0 Å².